The fraction of sp³-hybridized carbons (Fsp3) is 0.500. The summed E-state index contributed by atoms with van der Waals surface area (Å²) < 4.78 is 28.7. The molecule has 2 atom stereocenters. The van der Waals surface area contributed by atoms with Crippen LogP contribution in [0.15, 0.2) is 29.2 Å². The van der Waals surface area contributed by atoms with Crippen molar-refractivity contribution in [2.24, 2.45) is 0 Å². The first kappa shape index (κ1) is 13.3. The van der Waals surface area contributed by atoms with Crippen molar-refractivity contribution >= 4 is 15.5 Å². The molecule has 18 heavy (non-hydrogen) atoms. The Bertz CT molecular complexity index is 516. The highest BCUT2D eigenvalue weighted by molar-refractivity contribution is 7.90. The summed E-state index contributed by atoms with van der Waals surface area (Å²) in [5, 5.41) is 6.47. The molecule has 0 saturated carbocycles. The molecule has 0 aromatic heterocycles. The number of hydrogen-bond acceptors (Lipinski definition) is 5. The van der Waals surface area contributed by atoms with Gasteiger partial charge in [-0.3, -0.25) is 0 Å². The monoisotopic (exact) mass is 270 g/mol. The van der Waals surface area contributed by atoms with Crippen molar-refractivity contribution in [3.63, 3.8) is 0 Å². The van der Waals surface area contributed by atoms with Crippen LogP contribution in [0.2, 0.25) is 0 Å². The van der Waals surface area contributed by atoms with Gasteiger partial charge < -0.3 is 15.4 Å². The zero-order valence-corrected chi connectivity index (χ0v) is 11.3. The fourth-order valence-electron chi connectivity index (χ4n) is 2.16. The molecule has 0 spiro atoms. The lowest BCUT2D eigenvalue weighted by Crippen LogP contribution is -2.34. The summed E-state index contributed by atoms with van der Waals surface area (Å²) in [6.07, 6.45) is 1.27. The van der Waals surface area contributed by atoms with Crippen molar-refractivity contribution in [2.75, 3.05) is 31.8 Å². The van der Waals surface area contributed by atoms with Gasteiger partial charge >= 0.3 is 0 Å². The van der Waals surface area contributed by atoms with Crippen LogP contribution in [0.4, 0.5) is 5.69 Å². The number of sulfone groups is 1. The van der Waals surface area contributed by atoms with Gasteiger partial charge in [-0.15, -0.1) is 0 Å². The Morgan fingerprint density at radius 1 is 1.33 bits per heavy atom. The summed E-state index contributed by atoms with van der Waals surface area (Å²) in [5.74, 6) is 0. The molecule has 1 heterocycles. The molecule has 100 valence electrons. The van der Waals surface area contributed by atoms with Crippen LogP contribution in [0.1, 0.15) is 0 Å². The van der Waals surface area contributed by atoms with Gasteiger partial charge in [0, 0.05) is 26.5 Å². The Hall–Kier alpha value is -1.11. The minimum absolute atomic E-state index is 0.0533. The predicted octanol–water partition coefficient (Wildman–Crippen LogP) is 0.489. The topological polar surface area (TPSA) is 67.4 Å². The van der Waals surface area contributed by atoms with Crippen LogP contribution in [0, 0.1) is 0 Å². The average Bonchev–Trinajstić information content (AvgIpc) is 2.75. The quantitative estimate of drug-likeness (QED) is 0.833. The van der Waals surface area contributed by atoms with Crippen LogP contribution in [0.3, 0.4) is 0 Å². The van der Waals surface area contributed by atoms with Crippen molar-refractivity contribution < 1.29 is 13.2 Å². The van der Waals surface area contributed by atoms with Crippen molar-refractivity contribution in [3.05, 3.63) is 24.3 Å². The number of methoxy groups -OCH3 is 1. The van der Waals surface area contributed by atoms with Crippen molar-refractivity contribution in [1.29, 1.82) is 0 Å². The second-order valence-corrected chi connectivity index (χ2v) is 6.44. The van der Waals surface area contributed by atoms with Gasteiger partial charge in [0.1, 0.15) is 0 Å². The van der Waals surface area contributed by atoms with Crippen LogP contribution >= 0.6 is 0 Å². The second-order valence-electron chi connectivity index (χ2n) is 4.45. The highest BCUT2D eigenvalue weighted by Crippen LogP contribution is 2.22. The van der Waals surface area contributed by atoms with Gasteiger partial charge in [-0.25, -0.2) is 8.42 Å². The maximum atomic E-state index is 11.7. The van der Waals surface area contributed by atoms with Gasteiger partial charge in [-0.2, -0.15) is 0 Å². The Morgan fingerprint density at radius 2 is 2.06 bits per heavy atom. The molecule has 5 nitrogen and oxygen atoms in total. The molecule has 1 aromatic rings. The Labute approximate surface area is 107 Å². The highest BCUT2D eigenvalue weighted by atomic mass is 32.2. The molecule has 1 aliphatic heterocycles. The summed E-state index contributed by atoms with van der Waals surface area (Å²) in [6.45, 7) is 1.53. The summed E-state index contributed by atoms with van der Waals surface area (Å²) in [6, 6.07) is 7.02. The molecule has 1 aromatic carbocycles. The maximum Gasteiger partial charge on any atom is 0.177 e. The van der Waals surface area contributed by atoms with Gasteiger partial charge in [0.2, 0.25) is 0 Å². The Morgan fingerprint density at radius 3 is 2.72 bits per heavy atom. The molecule has 1 saturated heterocycles. The summed E-state index contributed by atoms with van der Waals surface area (Å²) in [7, 11) is -1.56. The van der Waals surface area contributed by atoms with Crippen LogP contribution in [0.5, 0.6) is 0 Å². The van der Waals surface area contributed by atoms with Crippen molar-refractivity contribution in [2.45, 2.75) is 17.0 Å². The summed E-state index contributed by atoms with van der Waals surface area (Å²) >= 11 is 0. The largest absolute Gasteiger partial charge is 0.378 e. The van der Waals surface area contributed by atoms with E-state index in [1.54, 1.807) is 25.3 Å². The van der Waals surface area contributed by atoms with E-state index in [4.69, 9.17) is 4.74 Å². The number of anilines is 1. The number of rotatable bonds is 4. The first-order valence-electron chi connectivity index (χ1n) is 5.81. The highest BCUT2D eigenvalue weighted by Gasteiger charge is 2.27. The number of benzene rings is 1. The molecular weight excluding hydrogens is 252 g/mol. The molecule has 2 N–H and O–H groups in total. The third-order valence-corrected chi connectivity index (χ3v) is 4.24. The number of para-hydroxylation sites is 1. The van der Waals surface area contributed by atoms with E-state index in [0.717, 1.165) is 13.1 Å². The van der Waals surface area contributed by atoms with Crippen LogP contribution in [-0.2, 0) is 14.6 Å². The van der Waals surface area contributed by atoms with Gasteiger partial charge in [-0.05, 0) is 12.1 Å². The molecule has 0 aliphatic carbocycles. The lowest BCUT2D eigenvalue weighted by Gasteiger charge is -2.21. The first-order valence-corrected chi connectivity index (χ1v) is 7.70. The maximum absolute atomic E-state index is 11.7. The number of nitrogens with one attached hydrogen (secondary N) is 2. The third-order valence-electron chi connectivity index (χ3n) is 3.09. The lowest BCUT2D eigenvalue weighted by atomic mass is 10.2. The molecule has 0 bridgehead atoms. The molecular formula is C12H18N2O3S. The molecule has 2 rings (SSSR count). The molecule has 0 amide bonds. The zero-order valence-electron chi connectivity index (χ0n) is 10.5. The Balaban J connectivity index is 2.24. The van der Waals surface area contributed by atoms with Crippen LogP contribution in [0.25, 0.3) is 0 Å². The molecule has 1 unspecified atom stereocenters. The normalized spacial score (nSPS) is 24.1. The van der Waals surface area contributed by atoms with E-state index in [1.165, 1.54) is 6.26 Å². The fourth-order valence-corrected chi connectivity index (χ4v) is 3.01. The van der Waals surface area contributed by atoms with Crippen molar-refractivity contribution in [1.82, 2.24) is 5.32 Å². The minimum atomic E-state index is -3.22. The second kappa shape index (κ2) is 5.26. The van der Waals surface area contributed by atoms with E-state index >= 15 is 0 Å². The summed E-state index contributed by atoms with van der Waals surface area (Å²) in [5.41, 5.74) is 0.635. The van der Waals surface area contributed by atoms with E-state index in [9.17, 15) is 8.42 Å². The van der Waals surface area contributed by atoms with Gasteiger partial charge in [0.15, 0.2) is 9.84 Å². The molecule has 1 fully saturated rings. The van der Waals surface area contributed by atoms with E-state index in [-0.39, 0.29) is 12.1 Å². The molecule has 6 heteroatoms. The van der Waals surface area contributed by atoms with Gasteiger partial charge in [-0.1, -0.05) is 12.1 Å². The first-order chi connectivity index (χ1) is 8.52. The molecule has 0 radical (unpaired) electrons. The van der Waals surface area contributed by atoms with E-state index in [0.29, 0.717) is 10.6 Å². The van der Waals surface area contributed by atoms with E-state index in [1.807, 2.05) is 6.07 Å². The van der Waals surface area contributed by atoms with Crippen molar-refractivity contribution in [3.8, 4) is 0 Å². The average molecular weight is 270 g/mol. The Kier molecular flexibility index (Phi) is 3.89. The zero-order chi connectivity index (χ0) is 13.2. The van der Waals surface area contributed by atoms with E-state index in [2.05, 4.69) is 10.6 Å². The summed E-state index contributed by atoms with van der Waals surface area (Å²) in [4.78, 5) is 0.326. The predicted molar refractivity (Wildman–Crippen MR) is 70.6 cm³/mol. The standard InChI is InChI=1S/C12H18N2O3S/c1-17-11-8-13-7-10(11)14-9-5-3-4-6-12(9)18(2,15)16/h3-6,10-11,13-14H,7-8H2,1-2H3/t10?,11-/m0/s1. The third kappa shape index (κ3) is 2.82. The SMILES string of the molecule is CO[C@H]1CNCC1Nc1ccccc1S(C)(=O)=O. The van der Waals surface area contributed by atoms with Gasteiger partial charge in [0.05, 0.1) is 22.7 Å². The van der Waals surface area contributed by atoms with Gasteiger partial charge in [0.25, 0.3) is 0 Å². The minimum Gasteiger partial charge on any atom is -0.378 e. The van der Waals surface area contributed by atoms with Crippen LogP contribution in [-0.4, -0.2) is 47.0 Å². The number of hydrogen-bond donors (Lipinski definition) is 2. The number of ether oxygens (including phenoxy) is 1. The smallest absolute Gasteiger partial charge is 0.177 e. The van der Waals surface area contributed by atoms with E-state index < -0.39 is 9.84 Å². The molecule has 1 aliphatic rings. The lowest BCUT2D eigenvalue weighted by molar-refractivity contribution is 0.111. The van der Waals surface area contributed by atoms with Crippen LogP contribution < -0.4 is 10.6 Å².